The maximum absolute atomic E-state index is 12.5. The summed E-state index contributed by atoms with van der Waals surface area (Å²) >= 11 is 0. The molecule has 0 unspecified atom stereocenters. The molecule has 0 bridgehead atoms. The number of rotatable bonds is 2. The Hall–Kier alpha value is -4.55. The molecule has 5 aromatic carbocycles. The number of anilines is 2. The third-order valence-electron chi connectivity index (χ3n) is 5.23. The van der Waals surface area contributed by atoms with Gasteiger partial charge in [-0.2, -0.15) is 0 Å². The molecule has 2 amide bonds. The topological polar surface area (TPSA) is 41.1 Å². The Balaban J connectivity index is 1.26. The third kappa shape index (κ3) is 4.45. The zero-order valence-corrected chi connectivity index (χ0v) is 17.3. The second kappa shape index (κ2) is 8.67. The number of urea groups is 1. The fourth-order valence-corrected chi connectivity index (χ4v) is 3.61. The van der Waals surface area contributed by atoms with Gasteiger partial charge in [-0.25, -0.2) is 4.79 Å². The van der Waals surface area contributed by atoms with Crippen molar-refractivity contribution < 1.29 is 4.79 Å². The molecular weight excluding hydrogens is 392 g/mol. The molecule has 0 radical (unpaired) electrons. The van der Waals surface area contributed by atoms with Crippen LogP contribution in [-0.4, -0.2) is 6.03 Å². The van der Waals surface area contributed by atoms with Crippen LogP contribution >= 0.6 is 0 Å². The molecule has 152 valence electrons. The van der Waals surface area contributed by atoms with Crippen LogP contribution in [0.15, 0.2) is 109 Å². The Labute approximate surface area is 186 Å². The van der Waals surface area contributed by atoms with Crippen molar-refractivity contribution in [2.45, 2.75) is 0 Å². The number of hydrogen-bond acceptors (Lipinski definition) is 1. The number of amides is 2. The fraction of sp³-hybridized carbons (Fsp3) is 0. The van der Waals surface area contributed by atoms with Gasteiger partial charge in [-0.1, -0.05) is 60.4 Å². The first-order chi connectivity index (χ1) is 15.7. The second-order valence-corrected chi connectivity index (χ2v) is 7.53. The number of carbonyl (C=O) groups excluding carboxylic acids is 1. The first kappa shape index (κ1) is 19.4. The molecular formula is C29H20N2O. The summed E-state index contributed by atoms with van der Waals surface area (Å²) in [7, 11) is 0. The molecule has 5 rings (SSSR count). The van der Waals surface area contributed by atoms with Crippen molar-refractivity contribution in [1.29, 1.82) is 0 Å². The van der Waals surface area contributed by atoms with Gasteiger partial charge >= 0.3 is 6.03 Å². The molecule has 0 aliphatic carbocycles. The number of fused-ring (bicyclic) bond motifs is 2. The maximum Gasteiger partial charge on any atom is 0.323 e. The predicted octanol–water partition coefficient (Wildman–Crippen LogP) is 7.04. The molecule has 0 aromatic heterocycles. The largest absolute Gasteiger partial charge is 0.323 e. The summed E-state index contributed by atoms with van der Waals surface area (Å²) in [6.07, 6.45) is 0. The molecule has 5 aromatic rings. The molecule has 0 aliphatic heterocycles. The van der Waals surface area contributed by atoms with E-state index in [2.05, 4.69) is 46.7 Å². The van der Waals surface area contributed by atoms with Crippen LogP contribution in [0.1, 0.15) is 11.1 Å². The lowest BCUT2D eigenvalue weighted by Gasteiger charge is -2.09. The Morgan fingerprint density at radius 1 is 0.500 bits per heavy atom. The van der Waals surface area contributed by atoms with E-state index in [9.17, 15) is 4.79 Å². The normalized spacial score (nSPS) is 10.4. The van der Waals surface area contributed by atoms with Gasteiger partial charge in [0, 0.05) is 22.5 Å². The van der Waals surface area contributed by atoms with E-state index in [0.717, 1.165) is 27.6 Å². The minimum atomic E-state index is -0.284. The average molecular weight is 412 g/mol. The smallest absolute Gasteiger partial charge is 0.308 e. The van der Waals surface area contributed by atoms with Crippen molar-refractivity contribution in [3.8, 4) is 11.8 Å². The molecule has 2 N–H and O–H groups in total. The van der Waals surface area contributed by atoms with E-state index in [4.69, 9.17) is 0 Å². The standard InChI is InChI=1S/C29H20N2O/c32-29(30-27-15-12-22(13-16-27)11-10-21-6-2-1-3-7-21)31-28-17-14-25-18-23-8-4-5-9-24(23)19-26(25)20-28/h1-9,12-20H,(H2,30,31,32). The van der Waals surface area contributed by atoms with Crippen LogP contribution in [0.5, 0.6) is 0 Å². The molecule has 0 saturated carbocycles. The lowest BCUT2D eigenvalue weighted by molar-refractivity contribution is 0.262. The molecule has 0 aliphatic rings. The Morgan fingerprint density at radius 3 is 1.75 bits per heavy atom. The Bertz CT molecular complexity index is 1480. The SMILES string of the molecule is O=C(Nc1ccc(C#Cc2ccccc2)cc1)Nc1ccc2cc3ccccc3cc2c1. The Morgan fingerprint density at radius 2 is 1.03 bits per heavy atom. The van der Waals surface area contributed by atoms with Crippen LogP contribution in [0.2, 0.25) is 0 Å². The van der Waals surface area contributed by atoms with Crippen molar-refractivity contribution in [2.75, 3.05) is 10.6 Å². The number of hydrogen-bond donors (Lipinski definition) is 2. The lowest BCUT2D eigenvalue weighted by Crippen LogP contribution is -2.19. The first-order valence-electron chi connectivity index (χ1n) is 10.4. The number of carbonyl (C=O) groups is 1. The highest BCUT2D eigenvalue weighted by atomic mass is 16.2. The van der Waals surface area contributed by atoms with Gasteiger partial charge in [0.25, 0.3) is 0 Å². The molecule has 0 saturated heterocycles. The summed E-state index contributed by atoms with van der Waals surface area (Å²) in [6.45, 7) is 0. The molecule has 0 heterocycles. The van der Waals surface area contributed by atoms with E-state index in [1.165, 1.54) is 10.8 Å². The molecule has 0 fully saturated rings. The van der Waals surface area contributed by atoms with Gasteiger partial charge in [0.1, 0.15) is 0 Å². The second-order valence-electron chi connectivity index (χ2n) is 7.53. The van der Waals surface area contributed by atoms with E-state index in [1.807, 2.05) is 84.9 Å². The van der Waals surface area contributed by atoms with Gasteiger partial charge in [0.2, 0.25) is 0 Å². The van der Waals surface area contributed by atoms with E-state index in [-0.39, 0.29) is 6.03 Å². The monoisotopic (exact) mass is 412 g/mol. The zero-order chi connectivity index (χ0) is 21.8. The van der Waals surface area contributed by atoms with E-state index >= 15 is 0 Å². The molecule has 0 atom stereocenters. The summed E-state index contributed by atoms with van der Waals surface area (Å²) in [5.74, 6) is 6.26. The first-order valence-corrected chi connectivity index (χ1v) is 10.4. The fourth-order valence-electron chi connectivity index (χ4n) is 3.61. The van der Waals surface area contributed by atoms with Gasteiger partial charge < -0.3 is 10.6 Å². The van der Waals surface area contributed by atoms with Gasteiger partial charge in [0.15, 0.2) is 0 Å². The van der Waals surface area contributed by atoms with Crippen molar-refractivity contribution in [2.24, 2.45) is 0 Å². The van der Waals surface area contributed by atoms with E-state index in [0.29, 0.717) is 5.69 Å². The predicted molar refractivity (Wildman–Crippen MR) is 133 cm³/mol. The lowest BCUT2D eigenvalue weighted by atomic mass is 10.0. The van der Waals surface area contributed by atoms with Crippen molar-refractivity contribution in [3.63, 3.8) is 0 Å². The Kier molecular flexibility index (Phi) is 5.26. The van der Waals surface area contributed by atoms with E-state index in [1.54, 1.807) is 0 Å². The van der Waals surface area contributed by atoms with E-state index < -0.39 is 0 Å². The summed E-state index contributed by atoms with van der Waals surface area (Å²) in [4.78, 5) is 12.5. The summed E-state index contributed by atoms with van der Waals surface area (Å²) < 4.78 is 0. The maximum atomic E-state index is 12.5. The minimum absolute atomic E-state index is 0.284. The van der Waals surface area contributed by atoms with Gasteiger partial charge in [-0.15, -0.1) is 0 Å². The van der Waals surface area contributed by atoms with Crippen LogP contribution in [0.4, 0.5) is 16.2 Å². The summed E-state index contributed by atoms with van der Waals surface area (Å²) in [5, 5.41) is 10.4. The van der Waals surface area contributed by atoms with Crippen LogP contribution in [0.3, 0.4) is 0 Å². The van der Waals surface area contributed by atoms with Crippen molar-refractivity contribution in [3.05, 3.63) is 120 Å². The van der Waals surface area contributed by atoms with Crippen LogP contribution < -0.4 is 10.6 Å². The zero-order valence-electron chi connectivity index (χ0n) is 17.3. The van der Waals surface area contributed by atoms with Crippen LogP contribution in [-0.2, 0) is 0 Å². The molecule has 32 heavy (non-hydrogen) atoms. The quantitative estimate of drug-likeness (QED) is 0.237. The van der Waals surface area contributed by atoms with Crippen molar-refractivity contribution >= 4 is 39.0 Å². The van der Waals surface area contributed by atoms with Crippen molar-refractivity contribution in [1.82, 2.24) is 0 Å². The summed E-state index contributed by atoms with van der Waals surface area (Å²) in [6, 6.07) is 35.6. The van der Waals surface area contributed by atoms with Crippen LogP contribution in [0, 0.1) is 11.8 Å². The molecule has 3 nitrogen and oxygen atoms in total. The van der Waals surface area contributed by atoms with Gasteiger partial charge in [-0.3, -0.25) is 0 Å². The molecule has 0 spiro atoms. The van der Waals surface area contributed by atoms with Gasteiger partial charge in [-0.05, 0) is 82.2 Å². The highest BCUT2D eigenvalue weighted by Crippen LogP contribution is 2.25. The third-order valence-corrected chi connectivity index (χ3v) is 5.23. The average Bonchev–Trinajstić information content (AvgIpc) is 2.83. The van der Waals surface area contributed by atoms with Gasteiger partial charge in [0.05, 0.1) is 0 Å². The minimum Gasteiger partial charge on any atom is -0.308 e. The van der Waals surface area contributed by atoms with Crippen LogP contribution in [0.25, 0.3) is 21.5 Å². The highest BCUT2D eigenvalue weighted by molar-refractivity contribution is 6.03. The highest BCUT2D eigenvalue weighted by Gasteiger charge is 2.05. The summed E-state index contributed by atoms with van der Waals surface area (Å²) in [5.41, 5.74) is 3.31. The number of nitrogens with one attached hydrogen (secondary N) is 2. The molecule has 3 heteroatoms. The number of benzene rings is 5.